The summed E-state index contributed by atoms with van der Waals surface area (Å²) in [6, 6.07) is 13.3. The molecule has 0 amide bonds. The zero-order valence-electron chi connectivity index (χ0n) is 17.2. The Morgan fingerprint density at radius 2 is 1.94 bits per heavy atom. The summed E-state index contributed by atoms with van der Waals surface area (Å²) in [5.41, 5.74) is 10.1. The lowest BCUT2D eigenvalue weighted by Crippen LogP contribution is -2.11. The molecular formula is C22H20ClN7O. The fourth-order valence-corrected chi connectivity index (χ4v) is 4.08. The minimum Gasteiger partial charge on any atom is -0.497 e. The summed E-state index contributed by atoms with van der Waals surface area (Å²) in [5, 5.41) is 12.0. The molecule has 5 aromatic rings. The minimum atomic E-state index is -0.207. The van der Waals surface area contributed by atoms with Crippen LogP contribution >= 0.6 is 11.6 Å². The van der Waals surface area contributed by atoms with Gasteiger partial charge in [0.05, 0.1) is 41.1 Å². The number of ether oxygens (including phenoxy) is 1. The zero-order chi connectivity index (χ0) is 21.7. The number of hydrogen-bond acceptors (Lipinski definition) is 6. The van der Waals surface area contributed by atoms with Gasteiger partial charge in [0.1, 0.15) is 17.9 Å². The molecule has 0 fully saturated rings. The van der Waals surface area contributed by atoms with Crippen molar-refractivity contribution in [2.45, 2.75) is 19.9 Å². The van der Waals surface area contributed by atoms with E-state index >= 15 is 0 Å². The smallest absolute Gasteiger partial charge is 0.164 e. The van der Waals surface area contributed by atoms with Crippen molar-refractivity contribution in [3.8, 4) is 11.4 Å². The van der Waals surface area contributed by atoms with Gasteiger partial charge in [-0.05, 0) is 44.2 Å². The number of hydrogen-bond donors (Lipinski definition) is 1. The molecule has 156 valence electrons. The molecule has 5 rings (SSSR count). The van der Waals surface area contributed by atoms with Gasteiger partial charge in [0.15, 0.2) is 5.65 Å². The van der Waals surface area contributed by atoms with Crippen molar-refractivity contribution < 1.29 is 4.74 Å². The Labute approximate surface area is 183 Å². The second kappa shape index (κ2) is 7.24. The van der Waals surface area contributed by atoms with E-state index in [1.165, 1.54) is 6.33 Å². The largest absolute Gasteiger partial charge is 0.497 e. The maximum atomic E-state index is 6.33. The number of nitrogens with zero attached hydrogens (tertiary/aromatic N) is 6. The first-order chi connectivity index (χ1) is 15.0. The third kappa shape index (κ3) is 3.07. The average Bonchev–Trinajstić information content (AvgIpc) is 3.32. The third-order valence-corrected chi connectivity index (χ3v) is 5.66. The van der Waals surface area contributed by atoms with Crippen LogP contribution in [0.15, 0.2) is 48.8 Å². The van der Waals surface area contributed by atoms with Crippen LogP contribution in [0, 0.1) is 6.92 Å². The van der Waals surface area contributed by atoms with Crippen molar-refractivity contribution in [2.75, 3.05) is 12.8 Å². The molecule has 0 radical (unpaired) electrons. The van der Waals surface area contributed by atoms with Gasteiger partial charge in [-0.2, -0.15) is 10.2 Å². The van der Waals surface area contributed by atoms with E-state index in [0.29, 0.717) is 16.5 Å². The quantitative estimate of drug-likeness (QED) is 0.453. The number of nitrogens with two attached hydrogens (primary N) is 1. The number of rotatable bonds is 4. The summed E-state index contributed by atoms with van der Waals surface area (Å²) in [7, 11) is 1.64. The van der Waals surface area contributed by atoms with E-state index in [1.54, 1.807) is 7.11 Å². The number of aromatic nitrogens is 6. The summed E-state index contributed by atoms with van der Waals surface area (Å²) in [6.07, 6.45) is 1.45. The topological polar surface area (TPSA) is 96.7 Å². The number of anilines is 1. The van der Waals surface area contributed by atoms with E-state index in [0.717, 1.165) is 39.1 Å². The van der Waals surface area contributed by atoms with E-state index < -0.39 is 0 Å². The Bertz CT molecular complexity index is 1440. The normalized spacial score (nSPS) is 12.5. The molecule has 2 aromatic carbocycles. The number of aryl methyl sites for hydroxylation is 1. The van der Waals surface area contributed by atoms with Crippen molar-refractivity contribution in [3.05, 3.63) is 65.2 Å². The van der Waals surface area contributed by atoms with Crippen LogP contribution in [0.2, 0.25) is 5.02 Å². The van der Waals surface area contributed by atoms with Crippen molar-refractivity contribution in [1.82, 2.24) is 29.5 Å². The summed E-state index contributed by atoms with van der Waals surface area (Å²) in [5.74, 6) is 1.16. The van der Waals surface area contributed by atoms with E-state index in [9.17, 15) is 0 Å². The van der Waals surface area contributed by atoms with Crippen molar-refractivity contribution in [2.24, 2.45) is 0 Å². The second-order valence-corrected chi connectivity index (χ2v) is 7.76. The first-order valence-electron chi connectivity index (χ1n) is 9.76. The molecule has 0 spiro atoms. The van der Waals surface area contributed by atoms with Crippen molar-refractivity contribution >= 4 is 39.4 Å². The molecule has 3 aromatic heterocycles. The Morgan fingerprint density at radius 1 is 1.10 bits per heavy atom. The minimum absolute atomic E-state index is 0.207. The van der Waals surface area contributed by atoms with Crippen LogP contribution in [0.4, 0.5) is 5.82 Å². The van der Waals surface area contributed by atoms with Crippen LogP contribution in [0.5, 0.6) is 5.75 Å². The van der Waals surface area contributed by atoms with Crippen LogP contribution < -0.4 is 10.5 Å². The van der Waals surface area contributed by atoms with Crippen LogP contribution in [0.3, 0.4) is 0 Å². The van der Waals surface area contributed by atoms with Gasteiger partial charge in [-0.1, -0.05) is 17.7 Å². The lowest BCUT2D eigenvalue weighted by atomic mass is 10.1. The predicted molar refractivity (Wildman–Crippen MR) is 121 cm³/mol. The summed E-state index contributed by atoms with van der Waals surface area (Å²) in [4.78, 5) is 8.53. The Morgan fingerprint density at radius 3 is 2.74 bits per heavy atom. The van der Waals surface area contributed by atoms with Crippen LogP contribution in [0.1, 0.15) is 24.4 Å². The molecular weight excluding hydrogens is 414 g/mol. The molecule has 0 saturated heterocycles. The van der Waals surface area contributed by atoms with Gasteiger partial charge in [-0.25, -0.2) is 19.3 Å². The van der Waals surface area contributed by atoms with Crippen molar-refractivity contribution in [1.29, 1.82) is 0 Å². The highest BCUT2D eigenvalue weighted by Gasteiger charge is 2.23. The number of nitrogen functional groups attached to an aromatic ring is 1. The van der Waals surface area contributed by atoms with Crippen LogP contribution in [0.25, 0.3) is 27.6 Å². The predicted octanol–water partition coefficient (Wildman–Crippen LogP) is 4.33. The van der Waals surface area contributed by atoms with Gasteiger partial charge in [0, 0.05) is 16.5 Å². The Balaban J connectivity index is 1.74. The standard InChI is InChI=1S/C22H20ClN7O/c1-12-19-21(24)25-11-26-22(19)29(27-12)13(2)20-17-8-7-14(23)9-18(17)30(28-20)15-5-4-6-16(10-15)31-3/h4-11,13H,1-3H3,(H2,24,25,26). The Kier molecular flexibility index (Phi) is 4.51. The number of fused-ring (bicyclic) bond motifs is 2. The molecule has 0 aliphatic carbocycles. The highest BCUT2D eigenvalue weighted by Crippen LogP contribution is 2.33. The lowest BCUT2D eigenvalue weighted by Gasteiger charge is -2.11. The van der Waals surface area contributed by atoms with Gasteiger partial charge in [0.25, 0.3) is 0 Å². The summed E-state index contributed by atoms with van der Waals surface area (Å²) in [6.45, 7) is 3.94. The first-order valence-corrected chi connectivity index (χ1v) is 10.1. The monoisotopic (exact) mass is 433 g/mol. The first kappa shape index (κ1) is 19.3. The highest BCUT2D eigenvalue weighted by atomic mass is 35.5. The van der Waals surface area contributed by atoms with Gasteiger partial charge in [-0.15, -0.1) is 0 Å². The molecule has 8 nitrogen and oxygen atoms in total. The van der Waals surface area contributed by atoms with E-state index in [1.807, 2.05) is 65.7 Å². The van der Waals surface area contributed by atoms with Crippen molar-refractivity contribution in [3.63, 3.8) is 0 Å². The molecule has 2 N–H and O–H groups in total. The van der Waals surface area contributed by atoms with Gasteiger partial charge in [-0.3, -0.25) is 0 Å². The second-order valence-electron chi connectivity index (χ2n) is 7.32. The highest BCUT2D eigenvalue weighted by molar-refractivity contribution is 6.31. The SMILES string of the molecule is COc1cccc(-n2nc(C(C)n3nc(C)c4c(N)ncnc43)c3ccc(Cl)cc32)c1. The summed E-state index contributed by atoms with van der Waals surface area (Å²) < 4.78 is 9.11. The fourth-order valence-electron chi connectivity index (χ4n) is 3.91. The average molecular weight is 434 g/mol. The molecule has 0 aliphatic heterocycles. The van der Waals surface area contributed by atoms with Crippen LogP contribution in [-0.2, 0) is 0 Å². The van der Waals surface area contributed by atoms with E-state index in [2.05, 4.69) is 9.97 Å². The van der Waals surface area contributed by atoms with E-state index in [-0.39, 0.29) is 6.04 Å². The number of halogens is 1. The van der Waals surface area contributed by atoms with Gasteiger partial charge >= 0.3 is 0 Å². The maximum Gasteiger partial charge on any atom is 0.164 e. The lowest BCUT2D eigenvalue weighted by molar-refractivity contribution is 0.414. The maximum absolute atomic E-state index is 6.33. The van der Waals surface area contributed by atoms with Gasteiger partial charge in [0.2, 0.25) is 0 Å². The van der Waals surface area contributed by atoms with E-state index in [4.69, 9.17) is 32.3 Å². The number of methoxy groups -OCH3 is 1. The number of benzene rings is 2. The third-order valence-electron chi connectivity index (χ3n) is 5.43. The fraction of sp³-hybridized carbons (Fsp3) is 0.182. The molecule has 0 aliphatic rings. The Hall–Kier alpha value is -3.65. The zero-order valence-corrected chi connectivity index (χ0v) is 18.0. The molecule has 0 saturated carbocycles. The molecule has 1 unspecified atom stereocenters. The molecule has 31 heavy (non-hydrogen) atoms. The molecule has 0 bridgehead atoms. The summed E-state index contributed by atoms with van der Waals surface area (Å²) >= 11 is 6.33. The molecule has 3 heterocycles. The molecule has 1 atom stereocenters. The van der Waals surface area contributed by atoms with Crippen LogP contribution in [-0.4, -0.2) is 36.6 Å². The van der Waals surface area contributed by atoms with Gasteiger partial charge < -0.3 is 10.5 Å². The molecule has 9 heteroatoms.